The van der Waals surface area contributed by atoms with Gasteiger partial charge in [-0.3, -0.25) is 0 Å². The van der Waals surface area contributed by atoms with Crippen molar-refractivity contribution in [2.75, 3.05) is 0 Å². The Bertz CT molecular complexity index is 441. The topological polar surface area (TPSA) is 77.4 Å². The Labute approximate surface area is 111 Å². The summed E-state index contributed by atoms with van der Waals surface area (Å²) in [6, 6.07) is 4.59. The predicted octanol–water partition coefficient (Wildman–Crippen LogP) is -2.16. The van der Waals surface area contributed by atoms with Crippen molar-refractivity contribution in [2.24, 2.45) is 0 Å². The van der Waals surface area contributed by atoms with Gasteiger partial charge in [-0.1, -0.05) is 18.2 Å². The zero-order chi connectivity index (χ0) is 10.9. The Morgan fingerprint density at radius 3 is 2.20 bits per heavy atom. The minimum Gasteiger partial charge on any atom is -0.746 e. The van der Waals surface area contributed by atoms with Crippen molar-refractivity contribution < 1.29 is 47.6 Å². The Morgan fingerprint density at radius 1 is 1.27 bits per heavy atom. The molecule has 4 nitrogen and oxygen atoms in total. The molecule has 0 aliphatic carbocycles. The van der Waals surface area contributed by atoms with Crippen molar-refractivity contribution in [3.05, 3.63) is 34.9 Å². The minimum atomic E-state index is -4.68. The van der Waals surface area contributed by atoms with Gasteiger partial charge in [-0.25, -0.2) is 8.42 Å². The first kappa shape index (κ1) is 15.1. The van der Waals surface area contributed by atoms with Crippen molar-refractivity contribution >= 4 is 10.1 Å². The standard InChI is InChI=1S/C9H12O4S.Na/c1-6-3-4-8(5-7(6)2)9(10)14(11,12)13;/h3-5,9-10H,1-2H3,(H,11,12,13);/q;+1/p-1. The van der Waals surface area contributed by atoms with Crippen molar-refractivity contribution in [1.29, 1.82) is 0 Å². The Hall–Kier alpha value is 0.0900. The average Bonchev–Trinajstić information content (AvgIpc) is 2.07. The van der Waals surface area contributed by atoms with Crippen LogP contribution in [0.1, 0.15) is 22.1 Å². The first-order valence-electron chi connectivity index (χ1n) is 4.02. The third-order valence-electron chi connectivity index (χ3n) is 2.09. The first-order chi connectivity index (χ1) is 6.32. The molecule has 6 heteroatoms. The molecule has 78 valence electrons. The molecule has 0 aliphatic heterocycles. The maximum atomic E-state index is 10.5. The molecule has 1 aromatic rings. The van der Waals surface area contributed by atoms with Crippen LogP contribution in [-0.4, -0.2) is 18.1 Å². The Balaban J connectivity index is 0.00000196. The molecule has 0 heterocycles. The van der Waals surface area contributed by atoms with Gasteiger partial charge in [0.1, 0.15) is 10.1 Å². The van der Waals surface area contributed by atoms with E-state index in [0.717, 1.165) is 11.1 Å². The van der Waals surface area contributed by atoms with E-state index >= 15 is 0 Å². The third-order valence-corrected chi connectivity index (χ3v) is 2.91. The molecule has 0 saturated heterocycles. The smallest absolute Gasteiger partial charge is 0.746 e. The summed E-state index contributed by atoms with van der Waals surface area (Å²) in [7, 11) is -4.68. The number of hydrogen-bond acceptors (Lipinski definition) is 4. The van der Waals surface area contributed by atoms with Crippen molar-refractivity contribution in [1.82, 2.24) is 0 Å². The molecule has 0 spiro atoms. The molecule has 0 aromatic heterocycles. The largest absolute Gasteiger partial charge is 1.00 e. The van der Waals surface area contributed by atoms with Crippen LogP contribution in [0.25, 0.3) is 0 Å². The third kappa shape index (κ3) is 3.86. The summed E-state index contributed by atoms with van der Waals surface area (Å²) in [5, 5.41) is 9.17. The molecule has 1 N–H and O–H groups in total. The summed E-state index contributed by atoms with van der Waals surface area (Å²) in [4.78, 5) is 0. The van der Waals surface area contributed by atoms with Crippen LogP contribution < -0.4 is 29.6 Å². The monoisotopic (exact) mass is 238 g/mol. The number of aliphatic hydroxyl groups is 1. The van der Waals surface area contributed by atoms with Gasteiger partial charge in [-0.2, -0.15) is 0 Å². The van der Waals surface area contributed by atoms with E-state index in [2.05, 4.69) is 0 Å². The van der Waals surface area contributed by atoms with Crippen LogP contribution in [-0.2, 0) is 10.1 Å². The first-order valence-corrected chi connectivity index (χ1v) is 5.49. The molecular weight excluding hydrogens is 227 g/mol. The van der Waals surface area contributed by atoms with E-state index in [-0.39, 0.29) is 35.1 Å². The zero-order valence-corrected chi connectivity index (χ0v) is 11.7. The minimum absolute atomic E-state index is 0. The van der Waals surface area contributed by atoms with Gasteiger partial charge in [-0.05, 0) is 30.5 Å². The summed E-state index contributed by atoms with van der Waals surface area (Å²) in [5.74, 6) is 0. The van der Waals surface area contributed by atoms with Gasteiger partial charge < -0.3 is 9.66 Å². The summed E-state index contributed by atoms with van der Waals surface area (Å²) >= 11 is 0. The van der Waals surface area contributed by atoms with Crippen molar-refractivity contribution in [2.45, 2.75) is 19.3 Å². The second kappa shape index (κ2) is 5.43. The molecule has 0 amide bonds. The number of rotatable bonds is 2. The van der Waals surface area contributed by atoms with Crippen LogP contribution >= 0.6 is 0 Å². The summed E-state index contributed by atoms with van der Waals surface area (Å²) in [5.41, 5.74) is -0.0423. The van der Waals surface area contributed by atoms with E-state index in [0.29, 0.717) is 0 Å². The van der Waals surface area contributed by atoms with Crippen molar-refractivity contribution in [3.63, 3.8) is 0 Å². The van der Waals surface area contributed by atoms with E-state index in [1.165, 1.54) is 12.1 Å². The van der Waals surface area contributed by atoms with Gasteiger partial charge in [0, 0.05) is 0 Å². The zero-order valence-electron chi connectivity index (χ0n) is 8.89. The second-order valence-electron chi connectivity index (χ2n) is 3.19. The van der Waals surface area contributed by atoms with Crippen LogP contribution in [0.3, 0.4) is 0 Å². The maximum Gasteiger partial charge on any atom is 1.00 e. The fourth-order valence-corrected chi connectivity index (χ4v) is 1.56. The number of hydrogen-bond donors (Lipinski definition) is 1. The predicted molar refractivity (Wildman–Crippen MR) is 50.6 cm³/mol. The molecule has 1 unspecified atom stereocenters. The molecule has 0 bridgehead atoms. The molecule has 1 rings (SSSR count). The van der Waals surface area contributed by atoms with Gasteiger partial charge in [-0.15, -0.1) is 0 Å². The number of aryl methyl sites for hydroxylation is 2. The van der Waals surface area contributed by atoms with Crippen LogP contribution in [0, 0.1) is 13.8 Å². The van der Waals surface area contributed by atoms with Crippen LogP contribution in [0.2, 0.25) is 0 Å². The normalized spacial score (nSPS) is 13.1. The molecule has 15 heavy (non-hydrogen) atoms. The SMILES string of the molecule is Cc1ccc(C(O)S(=O)(=O)[O-])cc1C.[Na+]. The fraction of sp³-hybridized carbons (Fsp3) is 0.333. The summed E-state index contributed by atoms with van der Waals surface area (Å²) < 4.78 is 31.6. The van der Waals surface area contributed by atoms with Crippen LogP contribution in [0.4, 0.5) is 0 Å². The van der Waals surface area contributed by atoms with E-state index in [4.69, 9.17) is 0 Å². The quantitative estimate of drug-likeness (QED) is 0.470. The maximum absolute atomic E-state index is 10.5. The van der Waals surface area contributed by atoms with Gasteiger partial charge >= 0.3 is 29.6 Å². The van der Waals surface area contributed by atoms with Gasteiger partial charge in [0.05, 0.1) is 0 Å². The molecule has 0 radical (unpaired) electrons. The summed E-state index contributed by atoms with van der Waals surface area (Å²) in [6.45, 7) is 3.64. The molecular formula is C9H11NaO4S. The molecule has 1 atom stereocenters. The Morgan fingerprint density at radius 2 is 1.80 bits per heavy atom. The van der Waals surface area contributed by atoms with Crippen LogP contribution in [0.15, 0.2) is 18.2 Å². The molecule has 0 fully saturated rings. The number of aliphatic hydroxyl groups excluding tert-OH is 1. The Kier molecular flexibility index (Phi) is 5.46. The molecule has 0 aliphatic rings. The average molecular weight is 238 g/mol. The van der Waals surface area contributed by atoms with Gasteiger partial charge in [0.2, 0.25) is 0 Å². The molecule has 1 aromatic carbocycles. The van der Waals surface area contributed by atoms with Crippen LogP contribution in [0.5, 0.6) is 0 Å². The van der Waals surface area contributed by atoms with E-state index in [9.17, 15) is 18.1 Å². The van der Waals surface area contributed by atoms with E-state index in [1.54, 1.807) is 13.0 Å². The molecule has 0 saturated carbocycles. The number of benzene rings is 1. The van der Waals surface area contributed by atoms with Crippen molar-refractivity contribution in [3.8, 4) is 0 Å². The van der Waals surface area contributed by atoms with E-state index in [1.807, 2.05) is 6.92 Å². The van der Waals surface area contributed by atoms with Gasteiger partial charge in [0.15, 0.2) is 5.44 Å². The second-order valence-corrected chi connectivity index (χ2v) is 4.62. The van der Waals surface area contributed by atoms with Gasteiger partial charge in [0.25, 0.3) is 0 Å². The van der Waals surface area contributed by atoms with E-state index < -0.39 is 15.6 Å². The fourth-order valence-electron chi connectivity index (χ4n) is 1.08. The summed E-state index contributed by atoms with van der Waals surface area (Å²) in [6.07, 6.45) is 0.